The number of aryl methyl sites for hydroxylation is 4. The molecule has 0 aliphatic carbocycles. The quantitative estimate of drug-likeness (QED) is 0.943. The highest BCUT2D eigenvalue weighted by Gasteiger charge is 2.14. The fraction of sp³-hybridized carbons (Fsp3) is 0.294. The highest BCUT2D eigenvalue weighted by atomic mass is 16.4. The van der Waals surface area contributed by atoms with Gasteiger partial charge in [-0.25, -0.2) is 4.79 Å². The Hall–Kier alpha value is -2.36. The molecule has 4 heteroatoms. The van der Waals surface area contributed by atoms with Crippen molar-refractivity contribution in [3.8, 4) is 0 Å². The number of aromatic nitrogens is 1. The summed E-state index contributed by atoms with van der Waals surface area (Å²) in [6.07, 6.45) is 0. The molecule has 110 valence electrons. The molecule has 0 spiro atoms. The Morgan fingerprint density at radius 1 is 1.10 bits per heavy atom. The Balaban J connectivity index is 2.58. The SMILES string of the molecule is Cc1cc(C)c(Cn2c(C)ccc(C(=O)O)c2=O)c(C)c1. The third-order valence-electron chi connectivity index (χ3n) is 3.78. The number of carboxylic acids is 1. The van der Waals surface area contributed by atoms with Crippen molar-refractivity contribution >= 4 is 5.97 Å². The third kappa shape index (κ3) is 2.89. The summed E-state index contributed by atoms with van der Waals surface area (Å²) in [5.74, 6) is -1.19. The van der Waals surface area contributed by atoms with E-state index in [0.717, 1.165) is 22.4 Å². The smallest absolute Gasteiger partial charge is 0.341 e. The van der Waals surface area contributed by atoms with Crippen LogP contribution < -0.4 is 5.56 Å². The van der Waals surface area contributed by atoms with Gasteiger partial charge < -0.3 is 9.67 Å². The lowest BCUT2D eigenvalue weighted by Gasteiger charge is -2.15. The molecule has 0 unspecified atom stereocenters. The van der Waals surface area contributed by atoms with E-state index >= 15 is 0 Å². The Morgan fingerprint density at radius 3 is 2.19 bits per heavy atom. The average Bonchev–Trinajstić information content (AvgIpc) is 2.36. The lowest BCUT2D eigenvalue weighted by Crippen LogP contribution is -2.28. The summed E-state index contributed by atoms with van der Waals surface area (Å²) < 4.78 is 1.52. The molecule has 1 aromatic heterocycles. The molecule has 0 saturated carbocycles. The monoisotopic (exact) mass is 285 g/mol. The van der Waals surface area contributed by atoms with Crippen LogP contribution in [0.4, 0.5) is 0 Å². The number of nitrogens with zero attached hydrogens (tertiary/aromatic N) is 1. The predicted octanol–water partition coefficient (Wildman–Crippen LogP) is 2.83. The normalized spacial score (nSPS) is 10.7. The second-order valence-electron chi connectivity index (χ2n) is 5.46. The molecule has 1 N–H and O–H groups in total. The second kappa shape index (κ2) is 5.56. The Bertz CT molecular complexity index is 749. The number of pyridine rings is 1. The highest BCUT2D eigenvalue weighted by Crippen LogP contribution is 2.17. The molecule has 1 heterocycles. The number of rotatable bonds is 3. The van der Waals surface area contributed by atoms with E-state index in [1.165, 1.54) is 16.2 Å². The molecule has 2 aromatic rings. The van der Waals surface area contributed by atoms with Gasteiger partial charge >= 0.3 is 5.97 Å². The van der Waals surface area contributed by atoms with Crippen molar-refractivity contribution < 1.29 is 9.90 Å². The number of benzene rings is 1. The molecule has 0 radical (unpaired) electrons. The van der Waals surface area contributed by atoms with E-state index in [-0.39, 0.29) is 5.56 Å². The zero-order valence-corrected chi connectivity index (χ0v) is 12.7. The van der Waals surface area contributed by atoms with Crippen LogP contribution in [0.2, 0.25) is 0 Å². The van der Waals surface area contributed by atoms with Crippen LogP contribution in [-0.4, -0.2) is 15.6 Å². The number of carboxylic acid groups (broad SMARTS) is 1. The molecular formula is C17H19NO3. The minimum absolute atomic E-state index is 0.192. The van der Waals surface area contributed by atoms with Gasteiger partial charge in [-0.1, -0.05) is 17.7 Å². The zero-order chi connectivity index (χ0) is 15.7. The van der Waals surface area contributed by atoms with Gasteiger partial charge in [0.15, 0.2) is 0 Å². The van der Waals surface area contributed by atoms with Crippen molar-refractivity contribution in [2.75, 3.05) is 0 Å². The van der Waals surface area contributed by atoms with Crippen molar-refractivity contribution in [3.63, 3.8) is 0 Å². The Morgan fingerprint density at radius 2 is 1.67 bits per heavy atom. The van der Waals surface area contributed by atoms with E-state index in [9.17, 15) is 9.59 Å². The van der Waals surface area contributed by atoms with Crippen LogP contribution in [0, 0.1) is 27.7 Å². The molecule has 1 aromatic carbocycles. The highest BCUT2D eigenvalue weighted by molar-refractivity contribution is 5.87. The van der Waals surface area contributed by atoms with E-state index < -0.39 is 11.5 Å². The van der Waals surface area contributed by atoms with Crippen LogP contribution >= 0.6 is 0 Å². The molecule has 0 fully saturated rings. The maximum absolute atomic E-state index is 12.3. The Labute approximate surface area is 123 Å². The van der Waals surface area contributed by atoms with Crippen LogP contribution in [0.1, 0.15) is 38.3 Å². The lowest BCUT2D eigenvalue weighted by atomic mass is 9.99. The summed E-state index contributed by atoms with van der Waals surface area (Å²) in [6, 6.07) is 7.18. The van der Waals surface area contributed by atoms with E-state index in [2.05, 4.69) is 12.1 Å². The first-order valence-corrected chi connectivity index (χ1v) is 6.81. The average molecular weight is 285 g/mol. The molecule has 0 amide bonds. The van der Waals surface area contributed by atoms with Crippen LogP contribution in [0.3, 0.4) is 0 Å². The summed E-state index contributed by atoms with van der Waals surface area (Å²) in [7, 11) is 0. The second-order valence-corrected chi connectivity index (χ2v) is 5.46. The minimum Gasteiger partial charge on any atom is -0.477 e. The number of carbonyl (C=O) groups is 1. The van der Waals surface area contributed by atoms with Gasteiger partial charge in [0.25, 0.3) is 5.56 Å². The standard InChI is InChI=1S/C17H19NO3/c1-10-7-11(2)15(12(3)8-10)9-18-13(4)5-6-14(16(18)19)17(20)21/h5-8H,9H2,1-4H3,(H,20,21). The third-order valence-corrected chi connectivity index (χ3v) is 3.78. The van der Waals surface area contributed by atoms with E-state index in [0.29, 0.717) is 6.54 Å². The van der Waals surface area contributed by atoms with E-state index in [1.807, 2.05) is 27.7 Å². The summed E-state index contributed by atoms with van der Waals surface area (Å²) in [5.41, 5.74) is 4.57. The zero-order valence-electron chi connectivity index (χ0n) is 12.7. The van der Waals surface area contributed by atoms with Crippen LogP contribution in [0.5, 0.6) is 0 Å². The van der Waals surface area contributed by atoms with Crippen molar-refractivity contribution in [3.05, 3.63) is 68.1 Å². The molecular weight excluding hydrogens is 266 g/mol. The van der Waals surface area contributed by atoms with Gasteiger partial charge in [-0.15, -0.1) is 0 Å². The van der Waals surface area contributed by atoms with Crippen molar-refractivity contribution in [1.29, 1.82) is 0 Å². The van der Waals surface area contributed by atoms with Gasteiger partial charge in [0.1, 0.15) is 5.56 Å². The van der Waals surface area contributed by atoms with Gasteiger partial charge in [-0.3, -0.25) is 4.79 Å². The van der Waals surface area contributed by atoms with E-state index in [4.69, 9.17) is 5.11 Å². The minimum atomic E-state index is -1.19. The molecule has 0 aliphatic rings. The molecule has 0 aliphatic heterocycles. The van der Waals surface area contributed by atoms with Crippen LogP contribution in [-0.2, 0) is 6.54 Å². The summed E-state index contributed by atoms with van der Waals surface area (Å²) >= 11 is 0. The maximum Gasteiger partial charge on any atom is 0.341 e. The largest absolute Gasteiger partial charge is 0.477 e. The van der Waals surface area contributed by atoms with Gasteiger partial charge in [-0.2, -0.15) is 0 Å². The van der Waals surface area contributed by atoms with Crippen LogP contribution in [0.25, 0.3) is 0 Å². The van der Waals surface area contributed by atoms with Crippen molar-refractivity contribution in [1.82, 2.24) is 4.57 Å². The first-order chi connectivity index (χ1) is 9.81. The fourth-order valence-electron chi connectivity index (χ4n) is 2.65. The van der Waals surface area contributed by atoms with Gasteiger partial charge in [0.2, 0.25) is 0 Å². The molecule has 21 heavy (non-hydrogen) atoms. The summed E-state index contributed by atoms with van der Waals surface area (Å²) in [6.45, 7) is 8.26. The predicted molar refractivity (Wildman–Crippen MR) is 82.2 cm³/mol. The van der Waals surface area contributed by atoms with E-state index in [1.54, 1.807) is 6.07 Å². The van der Waals surface area contributed by atoms with Crippen molar-refractivity contribution in [2.45, 2.75) is 34.2 Å². The molecule has 0 saturated heterocycles. The number of hydrogen-bond donors (Lipinski definition) is 1. The molecule has 2 rings (SSSR count). The number of aromatic carboxylic acids is 1. The van der Waals surface area contributed by atoms with Crippen LogP contribution in [0.15, 0.2) is 29.1 Å². The van der Waals surface area contributed by atoms with Gasteiger partial charge in [0.05, 0.1) is 6.54 Å². The Kier molecular flexibility index (Phi) is 3.98. The number of hydrogen-bond acceptors (Lipinski definition) is 2. The molecule has 0 atom stereocenters. The molecule has 4 nitrogen and oxygen atoms in total. The van der Waals surface area contributed by atoms with Gasteiger partial charge in [0, 0.05) is 5.69 Å². The van der Waals surface area contributed by atoms with Crippen molar-refractivity contribution in [2.24, 2.45) is 0 Å². The molecule has 0 bridgehead atoms. The lowest BCUT2D eigenvalue weighted by molar-refractivity contribution is 0.0694. The first-order valence-electron chi connectivity index (χ1n) is 6.81. The summed E-state index contributed by atoms with van der Waals surface area (Å²) in [5, 5.41) is 9.08. The maximum atomic E-state index is 12.3. The van der Waals surface area contributed by atoms with Gasteiger partial charge in [-0.05, 0) is 56.5 Å². The first kappa shape index (κ1) is 15.0. The fourth-order valence-corrected chi connectivity index (χ4v) is 2.65. The topological polar surface area (TPSA) is 59.3 Å². The summed E-state index contributed by atoms with van der Waals surface area (Å²) in [4.78, 5) is 23.4.